The van der Waals surface area contributed by atoms with E-state index in [-0.39, 0.29) is 24.0 Å². The molecule has 1 aromatic rings. The minimum Gasteiger partial charge on any atom is -0.357 e. The summed E-state index contributed by atoms with van der Waals surface area (Å²) >= 11 is 0. The lowest BCUT2D eigenvalue weighted by atomic mass is 9.96. The molecule has 1 saturated carbocycles. The first-order valence-corrected chi connectivity index (χ1v) is 7.75. The smallest absolute Gasteiger partial charge is 0.191 e. The van der Waals surface area contributed by atoms with E-state index >= 15 is 0 Å². The van der Waals surface area contributed by atoms with Gasteiger partial charge >= 0.3 is 0 Å². The second-order valence-corrected chi connectivity index (χ2v) is 5.44. The van der Waals surface area contributed by atoms with Gasteiger partial charge in [0.25, 0.3) is 0 Å². The molecule has 118 valence electrons. The topological polar surface area (TPSA) is 49.3 Å². The number of nitrogens with one attached hydrogen (secondary N) is 2. The number of guanidine groups is 1. The van der Waals surface area contributed by atoms with Gasteiger partial charge in [-0.1, -0.05) is 25.3 Å². The van der Waals surface area contributed by atoms with Crippen LogP contribution in [0.2, 0.25) is 0 Å². The van der Waals surface area contributed by atoms with Gasteiger partial charge in [-0.05, 0) is 38.8 Å². The van der Waals surface area contributed by atoms with E-state index in [1.54, 1.807) is 0 Å². The van der Waals surface area contributed by atoms with Crippen molar-refractivity contribution in [2.45, 2.75) is 58.5 Å². The molecule has 1 aliphatic rings. The molecule has 1 aliphatic carbocycles. The Morgan fingerprint density at radius 1 is 1.29 bits per heavy atom. The summed E-state index contributed by atoms with van der Waals surface area (Å²) < 4.78 is 0. The third-order valence-corrected chi connectivity index (χ3v) is 3.64. The van der Waals surface area contributed by atoms with Gasteiger partial charge in [-0.15, -0.1) is 24.0 Å². The van der Waals surface area contributed by atoms with E-state index in [9.17, 15) is 0 Å². The number of pyridine rings is 1. The third-order valence-electron chi connectivity index (χ3n) is 3.64. The molecule has 0 aliphatic heterocycles. The Hall–Kier alpha value is -0.850. The van der Waals surface area contributed by atoms with Crippen LogP contribution in [0.5, 0.6) is 0 Å². The van der Waals surface area contributed by atoms with Gasteiger partial charge in [0.1, 0.15) is 0 Å². The molecule has 0 radical (unpaired) electrons. The summed E-state index contributed by atoms with van der Waals surface area (Å²) in [7, 11) is 0. The van der Waals surface area contributed by atoms with Crippen LogP contribution in [0, 0.1) is 6.92 Å². The van der Waals surface area contributed by atoms with E-state index in [0.717, 1.165) is 23.9 Å². The molecule has 0 amide bonds. The van der Waals surface area contributed by atoms with Crippen molar-refractivity contribution in [1.82, 2.24) is 15.6 Å². The quantitative estimate of drug-likeness (QED) is 0.461. The monoisotopic (exact) mass is 402 g/mol. The average Bonchev–Trinajstić information content (AvgIpc) is 2.46. The molecule has 0 aromatic carbocycles. The standard InChI is InChI=1S/C16H26N4.HI/c1-3-17-16(20-14-9-5-4-6-10-14)18-12-15-11-7-8-13(2)19-15;/h7-8,11,14H,3-6,9-10,12H2,1-2H3,(H2,17,18,20);1H. The summed E-state index contributed by atoms with van der Waals surface area (Å²) in [4.78, 5) is 9.14. The molecule has 1 fully saturated rings. The summed E-state index contributed by atoms with van der Waals surface area (Å²) in [6.07, 6.45) is 6.55. The Morgan fingerprint density at radius 3 is 2.71 bits per heavy atom. The predicted octanol–water partition coefficient (Wildman–Crippen LogP) is 3.40. The summed E-state index contributed by atoms with van der Waals surface area (Å²) in [6.45, 7) is 5.63. The highest BCUT2D eigenvalue weighted by Gasteiger charge is 2.14. The highest BCUT2D eigenvalue weighted by molar-refractivity contribution is 14.0. The zero-order valence-electron chi connectivity index (χ0n) is 13.1. The number of hydrogen-bond acceptors (Lipinski definition) is 2. The maximum absolute atomic E-state index is 4.65. The minimum atomic E-state index is 0. The Labute approximate surface area is 145 Å². The first-order chi connectivity index (χ1) is 9.78. The lowest BCUT2D eigenvalue weighted by Gasteiger charge is -2.24. The van der Waals surface area contributed by atoms with Crippen molar-refractivity contribution in [3.8, 4) is 0 Å². The van der Waals surface area contributed by atoms with Gasteiger partial charge in [-0.2, -0.15) is 0 Å². The van der Waals surface area contributed by atoms with Crippen LogP contribution in [0.4, 0.5) is 0 Å². The van der Waals surface area contributed by atoms with E-state index in [2.05, 4.69) is 27.5 Å². The van der Waals surface area contributed by atoms with Crippen molar-refractivity contribution < 1.29 is 0 Å². The van der Waals surface area contributed by atoms with Crippen LogP contribution in [0.15, 0.2) is 23.2 Å². The zero-order valence-corrected chi connectivity index (χ0v) is 15.4. The van der Waals surface area contributed by atoms with Crippen molar-refractivity contribution in [2.24, 2.45) is 4.99 Å². The SMILES string of the molecule is CCNC(=NCc1cccc(C)n1)NC1CCCCC1.I. The molecule has 0 unspecified atom stereocenters. The fraction of sp³-hybridized carbons (Fsp3) is 0.625. The van der Waals surface area contributed by atoms with Crippen LogP contribution in [-0.4, -0.2) is 23.5 Å². The second-order valence-electron chi connectivity index (χ2n) is 5.44. The Morgan fingerprint density at radius 2 is 2.05 bits per heavy atom. The summed E-state index contributed by atoms with van der Waals surface area (Å²) in [6, 6.07) is 6.65. The predicted molar refractivity (Wildman–Crippen MR) is 99.2 cm³/mol. The van der Waals surface area contributed by atoms with Crippen LogP contribution >= 0.6 is 24.0 Å². The van der Waals surface area contributed by atoms with Crippen molar-refractivity contribution in [3.63, 3.8) is 0 Å². The van der Waals surface area contributed by atoms with Crippen LogP contribution in [0.25, 0.3) is 0 Å². The fourth-order valence-corrected chi connectivity index (χ4v) is 2.61. The molecule has 5 heteroatoms. The molecule has 0 bridgehead atoms. The number of aliphatic imine (C=N–C) groups is 1. The van der Waals surface area contributed by atoms with Gasteiger partial charge in [0.2, 0.25) is 0 Å². The number of hydrogen-bond donors (Lipinski definition) is 2. The molecule has 2 rings (SSSR count). The number of aryl methyl sites for hydroxylation is 1. The van der Waals surface area contributed by atoms with Crippen LogP contribution < -0.4 is 10.6 Å². The number of halogens is 1. The van der Waals surface area contributed by atoms with Gasteiger partial charge in [0.05, 0.1) is 12.2 Å². The lowest BCUT2D eigenvalue weighted by molar-refractivity contribution is 0.410. The van der Waals surface area contributed by atoms with E-state index in [0.29, 0.717) is 12.6 Å². The van der Waals surface area contributed by atoms with Crippen molar-refractivity contribution in [3.05, 3.63) is 29.6 Å². The Kier molecular flexibility index (Phi) is 8.64. The Balaban J connectivity index is 0.00000220. The van der Waals surface area contributed by atoms with E-state index in [4.69, 9.17) is 0 Å². The summed E-state index contributed by atoms with van der Waals surface area (Å²) in [5.41, 5.74) is 2.06. The lowest BCUT2D eigenvalue weighted by Crippen LogP contribution is -2.44. The normalized spacial score (nSPS) is 16.2. The maximum Gasteiger partial charge on any atom is 0.191 e. The number of aromatic nitrogens is 1. The van der Waals surface area contributed by atoms with Gasteiger partial charge in [-0.3, -0.25) is 4.98 Å². The first-order valence-electron chi connectivity index (χ1n) is 7.75. The van der Waals surface area contributed by atoms with Crippen molar-refractivity contribution in [2.75, 3.05) is 6.54 Å². The highest BCUT2D eigenvalue weighted by Crippen LogP contribution is 2.17. The van der Waals surface area contributed by atoms with Crippen LogP contribution in [0.1, 0.15) is 50.4 Å². The van der Waals surface area contributed by atoms with E-state index in [1.807, 2.05) is 25.1 Å². The molecule has 0 atom stereocenters. The summed E-state index contributed by atoms with van der Waals surface area (Å²) in [5, 5.41) is 6.88. The summed E-state index contributed by atoms with van der Waals surface area (Å²) in [5.74, 6) is 0.919. The molecule has 0 spiro atoms. The van der Waals surface area contributed by atoms with Gasteiger partial charge in [-0.25, -0.2) is 4.99 Å². The number of rotatable bonds is 4. The largest absolute Gasteiger partial charge is 0.357 e. The van der Waals surface area contributed by atoms with Gasteiger partial charge < -0.3 is 10.6 Å². The zero-order chi connectivity index (χ0) is 14.2. The number of nitrogens with zero attached hydrogens (tertiary/aromatic N) is 2. The van der Waals surface area contributed by atoms with Gasteiger partial charge in [0, 0.05) is 18.3 Å². The minimum absolute atomic E-state index is 0. The van der Waals surface area contributed by atoms with E-state index < -0.39 is 0 Å². The van der Waals surface area contributed by atoms with Crippen molar-refractivity contribution >= 4 is 29.9 Å². The van der Waals surface area contributed by atoms with E-state index in [1.165, 1.54) is 32.1 Å². The molecule has 2 N–H and O–H groups in total. The molecular formula is C16H27IN4. The average molecular weight is 402 g/mol. The molecular weight excluding hydrogens is 375 g/mol. The highest BCUT2D eigenvalue weighted by atomic mass is 127. The molecule has 1 aromatic heterocycles. The molecule has 0 saturated heterocycles. The maximum atomic E-state index is 4.65. The Bertz CT molecular complexity index is 442. The first kappa shape index (κ1) is 18.2. The van der Waals surface area contributed by atoms with Crippen molar-refractivity contribution in [1.29, 1.82) is 0 Å². The van der Waals surface area contributed by atoms with Gasteiger partial charge in [0.15, 0.2) is 5.96 Å². The van der Waals surface area contributed by atoms with Crippen LogP contribution in [-0.2, 0) is 6.54 Å². The third kappa shape index (κ3) is 6.63. The second kappa shape index (κ2) is 9.97. The fourth-order valence-electron chi connectivity index (χ4n) is 2.61. The molecule has 21 heavy (non-hydrogen) atoms. The molecule has 1 heterocycles. The van der Waals surface area contributed by atoms with Crippen LogP contribution in [0.3, 0.4) is 0 Å². The molecule has 4 nitrogen and oxygen atoms in total.